The zero-order valence-corrected chi connectivity index (χ0v) is 23.5. The fraction of sp³-hybridized carbons (Fsp3) is 0.387. The summed E-state index contributed by atoms with van der Waals surface area (Å²) in [7, 11) is 2.04. The molecule has 4 rings (SSSR count). The molecule has 1 aliphatic carbocycles. The van der Waals surface area contributed by atoms with Gasteiger partial charge in [-0.25, -0.2) is 9.18 Å². The Bertz CT molecular complexity index is 1370. The van der Waals surface area contributed by atoms with Crippen LogP contribution in [-0.4, -0.2) is 48.1 Å². The normalized spacial score (nSPS) is 18.1. The van der Waals surface area contributed by atoms with Crippen LogP contribution in [0, 0.1) is 18.2 Å². The van der Waals surface area contributed by atoms with Crippen molar-refractivity contribution in [2.45, 2.75) is 57.6 Å². The van der Waals surface area contributed by atoms with Gasteiger partial charge in [0.25, 0.3) is 5.91 Å². The van der Waals surface area contributed by atoms with Gasteiger partial charge in [-0.2, -0.15) is 0 Å². The number of esters is 1. The summed E-state index contributed by atoms with van der Waals surface area (Å²) in [4.78, 5) is 35.1. The number of anilines is 2. The Labute approximate surface area is 239 Å². The van der Waals surface area contributed by atoms with Crippen LogP contribution in [0.2, 0.25) is 5.02 Å². The summed E-state index contributed by atoms with van der Waals surface area (Å²) >= 11 is 6.29. The van der Waals surface area contributed by atoms with Gasteiger partial charge in [-0.15, -0.1) is 6.42 Å². The van der Waals surface area contributed by atoms with E-state index in [0.717, 1.165) is 37.4 Å². The van der Waals surface area contributed by atoms with Gasteiger partial charge in [-0.3, -0.25) is 19.6 Å². The highest BCUT2D eigenvalue weighted by atomic mass is 35.5. The molecule has 2 aromatic rings. The van der Waals surface area contributed by atoms with E-state index in [2.05, 4.69) is 22.4 Å². The standard InChI is InChI=1S/C31H33ClFN3O4/c1-5-14-39-31(38)24-11-8-7-10-23(24)30(37)36(22-15-21(18-34-19-22)27-12-9-13-35(27)4)28-17-29(40-20(3)6-2)25(32)16-26(28)33/h2,5,15-20,27H,1,7-14H2,3-4H3/t20?,27-/m0/s1. The number of ether oxygens (including phenoxy) is 2. The van der Waals surface area contributed by atoms with Gasteiger partial charge in [0.05, 0.1) is 22.6 Å². The second-order valence-corrected chi connectivity index (χ2v) is 10.4. The maximum Gasteiger partial charge on any atom is 0.334 e. The van der Waals surface area contributed by atoms with E-state index >= 15 is 4.39 Å². The molecule has 40 heavy (non-hydrogen) atoms. The topological polar surface area (TPSA) is 72.0 Å². The van der Waals surface area contributed by atoms with Crippen LogP contribution >= 0.6 is 11.6 Å². The number of amides is 1. The minimum Gasteiger partial charge on any atom is -0.476 e. The summed E-state index contributed by atoms with van der Waals surface area (Å²) in [6.07, 6.45) is 13.7. The minimum absolute atomic E-state index is 0.0146. The maximum absolute atomic E-state index is 15.7. The van der Waals surface area contributed by atoms with Crippen molar-refractivity contribution in [3.8, 4) is 18.1 Å². The van der Waals surface area contributed by atoms with Crippen molar-refractivity contribution in [3.05, 3.63) is 70.8 Å². The lowest BCUT2D eigenvalue weighted by atomic mass is 9.90. The molecule has 1 saturated heterocycles. The van der Waals surface area contributed by atoms with Crippen molar-refractivity contribution in [1.29, 1.82) is 0 Å². The summed E-state index contributed by atoms with van der Waals surface area (Å²) in [5.74, 6) is 0.722. The number of benzene rings is 1. The smallest absolute Gasteiger partial charge is 0.334 e. The minimum atomic E-state index is -0.741. The SMILES string of the molecule is C#CC(C)Oc1cc(N(C(=O)C2=C(C(=O)OCC=C)CCCC2)c2cncc([C@@H]3CCCN3C)c2)c(F)cc1Cl. The quantitative estimate of drug-likeness (QED) is 0.202. The number of likely N-dealkylation sites (tertiary alicyclic amines) is 1. The Balaban J connectivity index is 1.87. The fourth-order valence-electron chi connectivity index (χ4n) is 5.17. The number of terminal acetylenes is 1. The lowest BCUT2D eigenvalue weighted by Gasteiger charge is -2.29. The van der Waals surface area contributed by atoms with Crippen molar-refractivity contribution in [2.75, 3.05) is 25.1 Å². The molecule has 1 unspecified atom stereocenters. The number of hydrogen-bond acceptors (Lipinski definition) is 6. The number of carbonyl (C=O) groups excluding carboxylic acids is 2. The van der Waals surface area contributed by atoms with Gasteiger partial charge >= 0.3 is 5.97 Å². The number of pyridine rings is 1. The molecule has 0 bridgehead atoms. The first-order chi connectivity index (χ1) is 19.2. The second kappa shape index (κ2) is 13.1. The zero-order chi connectivity index (χ0) is 28.8. The molecule has 1 fully saturated rings. The maximum atomic E-state index is 15.7. The van der Waals surface area contributed by atoms with Gasteiger partial charge in [-0.1, -0.05) is 30.2 Å². The molecule has 1 aromatic carbocycles. The van der Waals surface area contributed by atoms with E-state index in [9.17, 15) is 9.59 Å². The molecule has 0 saturated carbocycles. The Morgan fingerprint density at radius 3 is 2.70 bits per heavy atom. The Morgan fingerprint density at radius 1 is 1.27 bits per heavy atom. The van der Waals surface area contributed by atoms with Crippen LogP contribution in [0.4, 0.5) is 15.8 Å². The molecule has 2 aliphatic rings. The van der Waals surface area contributed by atoms with Crippen LogP contribution in [-0.2, 0) is 14.3 Å². The zero-order valence-electron chi connectivity index (χ0n) is 22.8. The number of halogens is 2. The van der Waals surface area contributed by atoms with Crippen molar-refractivity contribution in [3.63, 3.8) is 0 Å². The van der Waals surface area contributed by atoms with Crippen LogP contribution in [0.25, 0.3) is 0 Å². The first-order valence-corrected chi connectivity index (χ1v) is 13.7. The first kappa shape index (κ1) is 29.3. The lowest BCUT2D eigenvalue weighted by Crippen LogP contribution is -2.31. The predicted molar refractivity (Wildman–Crippen MR) is 153 cm³/mol. The average Bonchev–Trinajstić information content (AvgIpc) is 3.39. The number of hydrogen-bond donors (Lipinski definition) is 0. The van der Waals surface area contributed by atoms with Gasteiger partial charge in [0.15, 0.2) is 6.10 Å². The van der Waals surface area contributed by atoms with Crippen LogP contribution in [0.15, 0.2) is 54.4 Å². The molecule has 1 aromatic heterocycles. The monoisotopic (exact) mass is 565 g/mol. The molecule has 2 atom stereocenters. The summed E-state index contributed by atoms with van der Waals surface area (Å²) in [5, 5.41) is 0.0146. The largest absolute Gasteiger partial charge is 0.476 e. The van der Waals surface area contributed by atoms with Crippen LogP contribution in [0.5, 0.6) is 5.75 Å². The van der Waals surface area contributed by atoms with E-state index in [0.29, 0.717) is 24.9 Å². The fourth-order valence-corrected chi connectivity index (χ4v) is 5.37. The third kappa shape index (κ3) is 6.38. The summed E-state index contributed by atoms with van der Waals surface area (Å²) in [6, 6.07) is 4.41. The second-order valence-electron chi connectivity index (χ2n) is 9.97. The Hall–Kier alpha value is -3.67. The predicted octanol–water partition coefficient (Wildman–Crippen LogP) is 6.31. The summed E-state index contributed by atoms with van der Waals surface area (Å²) in [5.41, 5.74) is 1.73. The Morgan fingerprint density at radius 2 is 2.02 bits per heavy atom. The molecule has 210 valence electrons. The molecule has 9 heteroatoms. The third-order valence-corrected chi connectivity index (χ3v) is 7.49. The van der Waals surface area contributed by atoms with E-state index in [1.165, 1.54) is 23.2 Å². The van der Waals surface area contributed by atoms with Gasteiger partial charge in [0, 0.05) is 29.5 Å². The number of carbonyl (C=O) groups is 2. The summed E-state index contributed by atoms with van der Waals surface area (Å²) < 4.78 is 26.7. The van der Waals surface area contributed by atoms with E-state index < -0.39 is 23.8 Å². The summed E-state index contributed by atoms with van der Waals surface area (Å²) in [6.45, 7) is 6.20. The van der Waals surface area contributed by atoms with Gasteiger partial charge in [0.1, 0.15) is 18.2 Å². The molecule has 0 spiro atoms. The first-order valence-electron chi connectivity index (χ1n) is 13.4. The van der Waals surface area contributed by atoms with Crippen molar-refractivity contribution >= 4 is 34.9 Å². The van der Waals surface area contributed by atoms with Crippen LogP contribution < -0.4 is 9.64 Å². The third-order valence-electron chi connectivity index (χ3n) is 7.20. The van der Waals surface area contributed by atoms with Gasteiger partial charge in [0.2, 0.25) is 0 Å². The lowest BCUT2D eigenvalue weighted by molar-refractivity contribution is -0.138. The van der Waals surface area contributed by atoms with E-state index in [1.807, 2.05) is 13.1 Å². The van der Waals surface area contributed by atoms with E-state index in [4.69, 9.17) is 27.5 Å². The molecular weight excluding hydrogens is 533 g/mol. The number of aromatic nitrogens is 1. The van der Waals surface area contributed by atoms with Gasteiger partial charge in [-0.05, 0) is 76.7 Å². The van der Waals surface area contributed by atoms with Crippen molar-refractivity contribution in [1.82, 2.24) is 9.88 Å². The highest BCUT2D eigenvalue weighted by molar-refractivity contribution is 6.32. The van der Waals surface area contributed by atoms with Crippen LogP contribution in [0.3, 0.4) is 0 Å². The van der Waals surface area contributed by atoms with Crippen molar-refractivity contribution in [2.24, 2.45) is 0 Å². The number of nitrogens with zero attached hydrogens (tertiary/aromatic N) is 3. The highest BCUT2D eigenvalue weighted by Crippen LogP contribution is 2.40. The Kier molecular flexibility index (Phi) is 9.62. The van der Waals surface area contributed by atoms with E-state index in [-0.39, 0.29) is 40.3 Å². The van der Waals surface area contributed by atoms with Gasteiger partial charge < -0.3 is 9.47 Å². The number of rotatable bonds is 9. The van der Waals surface area contributed by atoms with Crippen molar-refractivity contribution < 1.29 is 23.5 Å². The molecule has 0 N–H and O–H groups in total. The van der Waals surface area contributed by atoms with Crippen LogP contribution in [0.1, 0.15) is 57.1 Å². The highest BCUT2D eigenvalue weighted by Gasteiger charge is 2.32. The average molecular weight is 566 g/mol. The molecular formula is C31H33ClFN3O4. The molecule has 1 amide bonds. The molecule has 0 radical (unpaired) electrons. The molecule has 7 nitrogen and oxygen atoms in total. The molecule has 1 aliphatic heterocycles. The van der Waals surface area contributed by atoms with E-state index in [1.54, 1.807) is 13.1 Å². The molecule has 2 heterocycles.